The number of aryl methyl sites for hydroxylation is 1. The van der Waals surface area contributed by atoms with E-state index in [0.717, 1.165) is 36.7 Å². The lowest BCUT2D eigenvalue weighted by molar-refractivity contribution is 0.0879. The zero-order valence-electron chi connectivity index (χ0n) is 16.4. The lowest BCUT2D eigenvalue weighted by Gasteiger charge is -2.37. The number of hydrogen-bond acceptors (Lipinski definition) is 3. The first kappa shape index (κ1) is 18.2. The summed E-state index contributed by atoms with van der Waals surface area (Å²) in [6.07, 6.45) is 2.52. The third-order valence-electron chi connectivity index (χ3n) is 5.96. The number of halogens is 1. The maximum atomic E-state index is 14.1. The normalized spacial score (nSPS) is 19.5. The number of amides is 1. The molecule has 0 bridgehead atoms. The van der Waals surface area contributed by atoms with Gasteiger partial charge in [-0.25, -0.2) is 4.39 Å². The molecule has 1 unspecified atom stereocenters. The summed E-state index contributed by atoms with van der Waals surface area (Å²) in [7, 11) is 0. The van der Waals surface area contributed by atoms with Gasteiger partial charge in [-0.3, -0.25) is 4.79 Å². The maximum Gasteiger partial charge on any atom is 0.272 e. The summed E-state index contributed by atoms with van der Waals surface area (Å²) >= 11 is 0. The molecule has 6 heteroatoms. The first-order chi connectivity index (χ1) is 14.1. The van der Waals surface area contributed by atoms with Gasteiger partial charge in [0.1, 0.15) is 11.5 Å². The van der Waals surface area contributed by atoms with Crippen LogP contribution in [-0.2, 0) is 4.74 Å². The lowest BCUT2D eigenvalue weighted by atomic mass is 10.1. The number of benzene rings is 2. The van der Waals surface area contributed by atoms with E-state index in [0.29, 0.717) is 28.6 Å². The number of morpholine rings is 1. The lowest BCUT2D eigenvalue weighted by Crippen LogP contribution is -2.46. The number of fused-ring (bicyclic) bond motifs is 1. The van der Waals surface area contributed by atoms with E-state index in [1.54, 1.807) is 12.1 Å². The molecule has 1 amide bonds. The molecule has 1 saturated heterocycles. The number of anilines is 2. The molecule has 5 nitrogen and oxygen atoms in total. The summed E-state index contributed by atoms with van der Waals surface area (Å²) in [5.41, 5.74) is 3.73. The molecule has 0 spiro atoms. The van der Waals surface area contributed by atoms with E-state index in [4.69, 9.17) is 4.74 Å². The minimum absolute atomic E-state index is 0.280. The number of rotatable bonds is 4. The number of H-pyrrole nitrogens is 1. The van der Waals surface area contributed by atoms with Gasteiger partial charge in [-0.1, -0.05) is 12.1 Å². The van der Waals surface area contributed by atoms with Crippen molar-refractivity contribution in [3.05, 3.63) is 59.5 Å². The molecule has 2 aliphatic rings. The van der Waals surface area contributed by atoms with Gasteiger partial charge >= 0.3 is 0 Å². The van der Waals surface area contributed by atoms with E-state index < -0.39 is 0 Å². The third kappa shape index (κ3) is 3.49. The highest BCUT2D eigenvalue weighted by Crippen LogP contribution is 2.38. The quantitative estimate of drug-likeness (QED) is 0.687. The van der Waals surface area contributed by atoms with Gasteiger partial charge in [-0.15, -0.1) is 0 Å². The van der Waals surface area contributed by atoms with E-state index in [1.807, 2.05) is 25.1 Å². The number of carbonyl (C=O) groups excluding carboxylic acids is 1. The Labute approximate surface area is 168 Å². The first-order valence-corrected chi connectivity index (χ1v) is 10.1. The molecule has 1 atom stereocenters. The van der Waals surface area contributed by atoms with Crippen molar-refractivity contribution in [2.75, 3.05) is 30.0 Å². The van der Waals surface area contributed by atoms with Crippen LogP contribution in [-0.4, -0.2) is 36.7 Å². The fraction of sp³-hybridized carbons (Fsp3) is 0.348. The van der Waals surface area contributed by atoms with Gasteiger partial charge in [-0.2, -0.15) is 0 Å². The van der Waals surface area contributed by atoms with Gasteiger partial charge in [0.2, 0.25) is 0 Å². The number of aromatic nitrogens is 1. The summed E-state index contributed by atoms with van der Waals surface area (Å²) in [6.45, 7) is 4.24. The average molecular weight is 393 g/mol. The standard InChI is InChI=1S/C23H24FN3O2/c1-14-5-8-19(24)18-12-20(26-22(14)18)23(28)25-16-3-2-4-17(11-16)27-9-10-29-13-21(27)15-6-7-15/h2-5,8,11-12,15,21,26H,6-7,9-10,13H2,1H3,(H,25,28). The van der Waals surface area contributed by atoms with Crippen LogP contribution in [0.5, 0.6) is 0 Å². The highest BCUT2D eigenvalue weighted by atomic mass is 19.1. The second-order valence-corrected chi connectivity index (χ2v) is 8.01. The molecule has 2 fully saturated rings. The third-order valence-corrected chi connectivity index (χ3v) is 5.96. The van der Waals surface area contributed by atoms with Crippen LogP contribution in [0, 0.1) is 18.7 Å². The number of nitrogens with one attached hydrogen (secondary N) is 2. The molecule has 0 radical (unpaired) electrons. The second kappa shape index (κ2) is 7.19. The SMILES string of the molecule is Cc1ccc(F)c2cc(C(=O)Nc3cccc(N4CCOCC4C4CC4)c3)[nH]c12. The monoisotopic (exact) mass is 393 g/mol. The van der Waals surface area contributed by atoms with Crippen LogP contribution < -0.4 is 10.2 Å². The molecule has 29 heavy (non-hydrogen) atoms. The first-order valence-electron chi connectivity index (χ1n) is 10.1. The molecule has 1 aliphatic carbocycles. The van der Waals surface area contributed by atoms with Gasteiger partial charge in [0, 0.05) is 23.3 Å². The minimum atomic E-state index is -0.332. The number of aromatic amines is 1. The van der Waals surface area contributed by atoms with E-state index in [-0.39, 0.29) is 11.7 Å². The van der Waals surface area contributed by atoms with Crippen LogP contribution in [0.1, 0.15) is 28.9 Å². The Morgan fingerprint density at radius 2 is 2.10 bits per heavy atom. The van der Waals surface area contributed by atoms with Crippen molar-refractivity contribution in [1.29, 1.82) is 0 Å². The minimum Gasteiger partial charge on any atom is -0.377 e. The molecule has 1 aliphatic heterocycles. The Morgan fingerprint density at radius 3 is 2.90 bits per heavy atom. The number of hydrogen-bond donors (Lipinski definition) is 2. The Kier molecular flexibility index (Phi) is 4.51. The molecule has 2 heterocycles. The van der Waals surface area contributed by atoms with Crippen LogP contribution in [0.15, 0.2) is 42.5 Å². The maximum absolute atomic E-state index is 14.1. The van der Waals surface area contributed by atoms with Crippen LogP contribution >= 0.6 is 0 Å². The zero-order chi connectivity index (χ0) is 20.0. The van der Waals surface area contributed by atoms with Crippen LogP contribution in [0.4, 0.5) is 15.8 Å². The van der Waals surface area contributed by atoms with E-state index >= 15 is 0 Å². The summed E-state index contributed by atoms with van der Waals surface area (Å²) in [5.74, 6) is 0.0947. The van der Waals surface area contributed by atoms with Crippen molar-refractivity contribution in [1.82, 2.24) is 4.98 Å². The molecular weight excluding hydrogens is 369 g/mol. The molecule has 1 saturated carbocycles. The molecular formula is C23H24FN3O2. The van der Waals surface area contributed by atoms with Gasteiger partial charge in [0.05, 0.1) is 24.8 Å². The average Bonchev–Trinajstić information content (AvgIpc) is 3.48. The van der Waals surface area contributed by atoms with Crippen LogP contribution in [0.3, 0.4) is 0 Å². The molecule has 5 rings (SSSR count). The van der Waals surface area contributed by atoms with E-state index in [2.05, 4.69) is 21.3 Å². The highest BCUT2D eigenvalue weighted by molar-refractivity contribution is 6.06. The largest absolute Gasteiger partial charge is 0.377 e. The summed E-state index contributed by atoms with van der Waals surface area (Å²) in [4.78, 5) is 18.2. The molecule has 3 aromatic rings. The predicted molar refractivity (Wildman–Crippen MR) is 112 cm³/mol. The van der Waals surface area contributed by atoms with E-state index in [1.165, 1.54) is 18.9 Å². The van der Waals surface area contributed by atoms with Crippen LogP contribution in [0.25, 0.3) is 10.9 Å². The van der Waals surface area contributed by atoms with Crippen molar-refractivity contribution in [2.45, 2.75) is 25.8 Å². The second-order valence-electron chi connectivity index (χ2n) is 8.01. The van der Waals surface area contributed by atoms with Gasteiger partial charge in [0.15, 0.2) is 0 Å². The number of carbonyl (C=O) groups is 1. The predicted octanol–water partition coefficient (Wildman–Crippen LogP) is 4.48. The number of ether oxygens (including phenoxy) is 1. The van der Waals surface area contributed by atoms with Gasteiger partial charge < -0.3 is 19.9 Å². The molecule has 2 N–H and O–H groups in total. The highest BCUT2D eigenvalue weighted by Gasteiger charge is 2.37. The number of nitrogens with zero attached hydrogens (tertiary/aromatic N) is 1. The van der Waals surface area contributed by atoms with Crippen molar-refractivity contribution in [2.24, 2.45) is 5.92 Å². The zero-order valence-corrected chi connectivity index (χ0v) is 16.4. The Balaban J connectivity index is 1.38. The van der Waals surface area contributed by atoms with E-state index in [9.17, 15) is 9.18 Å². The Hall–Kier alpha value is -2.86. The summed E-state index contributed by atoms with van der Waals surface area (Å²) < 4.78 is 19.8. The van der Waals surface area contributed by atoms with Crippen molar-refractivity contribution >= 4 is 28.2 Å². The van der Waals surface area contributed by atoms with Gasteiger partial charge in [0.25, 0.3) is 5.91 Å². The summed E-state index contributed by atoms with van der Waals surface area (Å²) in [5, 5.41) is 3.38. The van der Waals surface area contributed by atoms with Crippen molar-refractivity contribution in [3.63, 3.8) is 0 Å². The van der Waals surface area contributed by atoms with Crippen molar-refractivity contribution < 1.29 is 13.9 Å². The fourth-order valence-electron chi connectivity index (χ4n) is 4.22. The summed E-state index contributed by atoms with van der Waals surface area (Å²) in [6, 6.07) is 13.0. The van der Waals surface area contributed by atoms with Gasteiger partial charge in [-0.05, 0) is 61.6 Å². The molecule has 1 aromatic heterocycles. The Bertz CT molecular complexity index is 1030. The Morgan fingerprint density at radius 1 is 1.24 bits per heavy atom. The smallest absolute Gasteiger partial charge is 0.272 e. The van der Waals surface area contributed by atoms with Crippen LogP contribution in [0.2, 0.25) is 0 Å². The fourth-order valence-corrected chi connectivity index (χ4v) is 4.22. The van der Waals surface area contributed by atoms with Crippen molar-refractivity contribution in [3.8, 4) is 0 Å². The topological polar surface area (TPSA) is 57.4 Å². The molecule has 2 aromatic carbocycles. The molecule has 150 valence electrons.